The fraction of sp³-hybridized carbons (Fsp3) is 0.875. The number of carbonyl (C=O) groups is 2. The molecule has 1 saturated carbocycles. The topological polar surface area (TPSA) is 49.4 Å². The van der Waals surface area contributed by atoms with Gasteiger partial charge in [-0.1, -0.05) is 26.2 Å². The quantitative estimate of drug-likeness (QED) is 0.760. The Morgan fingerprint density at radius 1 is 1.35 bits per heavy atom. The predicted octanol–water partition coefficient (Wildman–Crippen LogP) is 2.47. The highest BCUT2D eigenvalue weighted by molar-refractivity contribution is 5.94. The summed E-state index contributed by atoms with van der Waals surface area (Å²) in [7, 11) is 0. The highest BCUT2D eigenvalue weighted by Crippen LogP contribution is 2.41. The van der Waals surface area contributed by atoms with Crippen molar-refractivity contribution in [2.24, 2.45) is 5.92 Å². The molecule has 2 fully saturated rings. The SMILES string of the molecule is CCCCCC(C)N1CCC(=O)NC(C)(C2CC2)C1=O. The standard InChI is InChI=1S/C16H28N2O2/c1-4-5-6-7-12(2)18-11-10-14(19)17-16(3,15(18)20)13-8-9-13/h12-13H,4-11H2,1-3H3,(H,17,19). The summed E-state index contributed by atoms with van der Waals surface area (Å²) < 4.78 is 0. The van der Waals surface area contributed by atoms with Crippen molar-refractivity contribution < 1.29 is 9.59 Å². The molecule has 114 valence electrons. The van der Waals surface area contributed by atoms with Gasteiger partial charge in [0, 0.05) is 19.0 Å². The van der Waals surface area contributed by atoms with Crippen molar-refractivity contribution in [1.29, 1.82) is 0 Å². The maximum absolute atomic E-state index is 12.9. The zero-order chi connectivity index (χ0) is 14.8. The summed E-state index contributed by atoms with van der Waals surface area (Å²) in [5.41, 5.74) is -0.660. The lowest BCUT2D eigenvalue weighted by Crippen LogP contribution is -2.58. The van der Waals surface area contributed by atoms with Crippen LogP contribution in [0.15, 0.2) is 0 Å². The van der Waals surface area contributed by atoms with Crippen molar-refractivity contribution in [3.8, 4) is 0 Å². The van der Waals surface area contributed by atoms with Crippen molar-refractivity contribution in [1.82, 2.24) is 10.2 Å². The largest absolute Gasteiger partial charge is 0.342 e. The number of hydrogen-bond acceptors (Lipinski definition) is 2. The Hall–Kier alpha value is -1.06. The van der Waals surface area contributed by atoms with Crippen LogP contribution in [-0.2, 0) is 9.59 Å². The highest BCUT2D eigenvalue weighted by Gasteiger charge is 2.51. The number of rotatable bonds is 6. The van der Waals surface area contributed by atoms with Crippen LogP contribution < -0.4 is 5.32 Å². The molecule has 1 N–H and O–H groups in total. The molecule has 20 heavy (non-hydrogen) atoms. The fourth-order valence-corrected chi connectivity index (χ4v) is 3.23. The number of nitrogens with zero attached hydrogens (tertiary/aromatic N) is 1. The zero-order valence-corrected chi connectivity index (χ0v) is 13.1. The molecule has 4 nitrogen and oxygen atoms in total. The molecule has 2 unspecified atom stereocenters. The van der Waals surface area contributed by atoms with Crippen LogP contribution in [0.5, 0.6) is 0 Å². The first-order chi connectivity index (χ1) is 9.49. The van der Waals surface area contributed by atoms with Gasteiger partial charge in [0.25, 0.3) is 0 Å². The predicted molar refractivity (Wildman–Crippen MR) is 79.2 cm³/mol. The summed E-state index contributed by atoms with van der Waals surface area (Å²) >= 11 is 0. The first kappa shape index (κ1) is 15.3. The average Bonchev–Trinajstić information content (AvgIpc) is 3.22. The third kappa shape index (κ3) is 3.15. The van der Waals surface area contributed by atoms with Crippen molar-refractivity contribution >= 4 is 11.8 Å². The van der Waals surface area contributed by atoms with Crippen molar-refractivity contribution in [3.63, 3.8) is 0 Å². The average molecular weight is 280 g/mol. The molecule has 1 saturated heterocycles. The molecular formula is C16H28N2O2. The number of carbonyl (C=O) groups excluding carboxylic acids is 2. The molecule has 0 aromatic carbocycles. The van der Waals surface area contributed by atoms with Crippen molar-refractivity contribution in [3.05, 3.63) is 0 Å². The normalized spacial score (nSPS) is 29.1. The van der Waals surface area contributed by atoms with Crippen LogP contribution in [0.3, 0.4) is 0 Å². The third-order valence-corrected chi connectivity index (χ3v) is 4.84. The van der Waals surface area contributed by atoms with Crippen LogP contribution in [0, 0.1) is 5.92 Å². The van der Waals surface area contributed by atoms with Crippen molar-refractivity contribution in [2.75, 3.05) is 6.54 Å². The Bertz CT molecular complexity index is 379. The van der Waals surface area contributed by atoms with E-state index in [0.29, 0.717) is 18.9 Å². The maximum Gasteiger partial charge on any atom is 0.248 e. The lowest BCUT2D eigenvalue weighted by molar-refractivity contribution is -0.141. The molecule has 2 rings (SSSR count). The molecule has 1 heterocycles. The summed E-state index contributed by atoms with van der Waals surface area (Å²) in [5, 5.41) is 2.99. The molecule has 0 aromatic rings. The lowest BCUT2D eigenvalue weighted by Gasteiger charge is -2.35. The van der Waals surface area contributed by atoms with E-state index in [2.05, 4.69) is 19.2 Å². The van der Waals surface area contributed by atoms with E-state index in [9.17, 15) is 9.59 Å². The van der Waals surface area contributed by atoms with Crippen LogP contribution in [-0.4, -0.2) is 34.8 Å². The van der Waals surface area contributed by atoms with Gasteiger partial charge in [0.1, 0.15) is 5.54 Å². The van der Waals surface area contributed by atoms with Gasteiger partial charge in [0.05, 0.1) is 0 Å². The minimum atomic E-state index is -0.660. The molecule has 2 aliphatic rings. The summed E-state index contributed by atoms with van der Waals surface area (Å²) in [6, 6.07) is 0.236. The molecule has 4 heteroatoms. The number of hydrogen-bond donors (Lipinski definition) is 1. The highest BCUT2D eigenvalue weighted by atomic mass is 16.2. The minimum absolute atomic E-state index is 0.0241. The van der Waals surface area contributed by atoms with Crippen LogP contribution in [0.4, 0.5) is 0 Å². The first-order valence-corrected chi connectivity index (χ1v) is 8.11. The molecule has 0 radical (unpaired) electrons. The van der Waals surface area contributed by atoms with Gasteiger partial charge >= 0.3 is 0 Å². The van der Waals surface area contributed by atoms with E-state index in [-0.39, 0.29) is 17.9 Å². The van der Waals surface area contributed by atoms with E-state index >= 15 is 0 Å². The van der Waals surface area contributed by atoms with Crippen LogP contribution in [0.25, 0.3) is 0 Å². The van der Waals surface area contributed by atoms with Gasteiger partial charge in [-0.3, -0.25) is 9.59 Å². The van der Waals surface area contributed by atoms with Gasteiger partial charge in [0.15, 0.2) is 0 Å². The van der Waals surface area contributed by atoms with Gasteiger partial charge in [-0.25, -0.2) is 0 Å². The number of unbranched alkanes of at least 4 members (excludes halogenated alkanes) is 2. The van der Waals surface area contributed by atoms with Crippen LogP contribution in [0.1, 0.15) is 65.7 Å². The third-order valence-electron chi connectivity index (χ3n) is 4.84. The van der Waals surface area contributed by atoms with E-state index in [0.717, 1.165) is 25.7 Å². The molecule has 0 spiro atoms. The second-order valence-electron chi connectivity index (χ2n) is 6.62. The molecule has 1 aliphatic heterocycles. The van der Waals surface area contributed by atoms with Crippen LogP contribution >= 0.6 is 0 Å². The molecule has 0 bridgehead atoms. The summed E-state index contributed by atoms with van der Waals surface area (Å²) in [5.74, 6) is 0.494. The van der Waals surface area contributed by atoms with E-state index < -0.39 is 5.54 Å². The Kier molecular flexibility index (Phi) is 4.71. The number of nitrogens with one attached hydrogen (secondary N) is 1. The summed E-state index contributed by atoms with van der Waals surface area (Å²) in [4.78, 5) is 26.7. The first-order valence-electron chi connectivity index (χ1n) is 8.11. The van der Waals surface area contributed by atoms with E-state index in [1.165, 1.54) is 12.8 Å². The summed E-state index contributed by atoms with van der Waals surface area (Å²) in [6.07, 6.45) is 7.15. The Morgan fingerprint density at radius 3 is 2.65 bits per heavy atom. The minimum Gasteiger partial charge on any atom is -0.342 e. The Labute approximate surface area is 122 Å². The fourth-order valence-electron chi connectivity index (χ4n) is 3.23. The second kappa shape index (κ2) is 6.15. The Balaban J connectivity index is 2.07. The number of amides is 2. The lowest BCUT2D eigenvalue weighted by atomic mass is 9.93. The van der Waals surface area contributed by atoms with Gasteiger partial charge < -0.3 is 10.2 Å². The summed E-state index contributed by atoms with van der Waals surface area (Å²) in [6.45, 7) is 6.80. The van der Waals surface area contributed by atoms with Crippen LogP contribution in [0.2, 0.25) is 0 Å². The van der Waals surface area contributed by atoms with Gasteiger partial charge in [-0.2, -0.15) is 0 Å². The Morgan fingerprint density at radius 2 is 2.05 bits per heavy atom. The monoisotopic (exact) mass is 280 g/mol. The molecule has 1 aliphatic carbocycles. The second-order valence-corrected chi connectivity index (χ2v) is 6.62. The molecule has 0 aromatic heterocycles. The smallest absolute Gasteiger partial charge is 0.248 e. The van der Waals surface area contributed by atoms with Gasteiger partial charge in [-0.15, -0.1) is 0 Å². The maximum atomic E-state index is 12.9. The van der Waals surface area contributed by atoms with Crippen molar-refractivity contribution in [2.45, 2.75) is 77.3 Å². The molecular weight excluding hydrogens is 252 g/mol. The van der Waals surface area contributed by atoms with Gasteiger partial charge in [-0.05, 0) is 39.0 Å². The van der Waals surface area contributed by atoms with E-state index in [1.54, 1.807) is 0 Å². The van der Waals surface area contributed by atoms with Gasteiger partial charge in [0.2, 0.25) is 11.8 Å². The zero-order valence-electron chi connectivity index (χ0n) is 13.1. The molecule has 2 atom stereocenters. The molecule has 2 amide bonds. The van der Waals surface area contributed by atoms with E-state index in [4.69, 9.17) is 0 Å². The van der Waals surface area contributed by atoms with E-state index in [1.807, 2.05) is 11.8 Å².